The summed E-state index contributed by atoms with van der Waals surface area (Å²) in [6, 6.07) is 18.1. The molecule has 0 spiro atoms. The topological polar surface area (TPSA) is 54.0 Å². The number of para-hydroxylation sites is 1. The number of aromatic nitrogens is 3. The maximum absolute atomic E-state index is 6.07. The van der Waals surface area contributed by atoms with Crippen LogP contribution in [0.15, 0.2) is 60.8 Å². The number of nitrogens with one attached hydrogen (secondary N) is 1. The second kappa shape index (κ2) is 7.26. The molecule has 0 radical (unpaired) electrons. The van der Waals surface area contributed by atoms with Crippen molar-refractivity contribution >= 4 is 28.5 Å². The highest BCUT2D eigenvalue weighted by Gasteiger charge is 2.18. The summed E-state index contributed by atoms with van der Waals surface area (Å²) in [6.07, 6.45) is 2.02. The molecule has 1 N–H and O–H groups in total. The number of halogens is 1. The van der Waals surface area contributed by atoms with Crippen molar-refractivity contribution in [3.63, 3.8) is 0 Å². The number of ether oxygens (including phenoxy) is 1. The maximum Gasteiger partial charge on any atom is 0.226 e. The summed E-state index contributed by atoms with van der Waals surface area (Å²) < 4.78 is 5.49. The van der Waals surface area contributed by atoms with Crippen molar-refractivity contribution in [1.29, 1.82) is 0 Å². The van der Waals surface area contributed by atoms with E-state index in [0.717, 1.165) is 52.5 Å². The number of rotatable bonds is 3. The van der Waals surface area contributed by atoms with Gasteiger partial charge in [-0.1, -0.05) is 41.9 Å². The third-order valence-corrected chi connectivity index (χ3v) is 5.27. The Morgan fingerprint density at radius 2 is 1.68 bits per heavy atom. The molecule has 1 fully saturated rings. The standard InChI is InChI=1S/C22H19ClN4O/c23-16-7-5-15(6-8-16)20-13-21(18-14-24-19-4-2-1-3-17(18)19)26-22(25-20)27-9-11-28-12-10-27/h1-8,13-14,24H,9-12H2. The third-order valence-electron chi connectivity index (χ3n) is 5.01. The van der Waals surface area contributed by atoms with Crippen LogP contribution < -0.4 is 4.90 Å². The fraction of sp³-hybridized carbons (Fsp3) is 0.182. The molecule has 2 aromatic carbocycles. The highest BCUT2D eigenvalue weighted by molar-refractivity contribution is 6.30. The molecule has 0 saturated carbocycles. The quantitative estimate of drug-likeness (QED) is 0.547. The second-order valence-electron chi connectivity index (χ2n) is 6.79. The van der Waals surface area contributed by atoms with Crippen molar-refractivity contribution in [2.24, 2.45) is 0 Å². The zero-order valence-electron chi connectivity index (χ0n) is 15.2. The van der Waals surface area contributed by atoms with Gasteiger partial charge in [0, 0.05) is 46.3 Å². The molecule has 4 aromatic rings. The molecule has 28 heavy (non-hydrogen) atoms. The normalized spacial score (nSPS) is 14.5. The number of hydrogen-bond donors (Lipinski definition) is 1. The fourth-order valence-corrected chi connectivity index (χ4v) is 3.66. The van der Waals surface area contributed by atoms with Gasteiger partial charge in [0.15, 0.2) is 0 Å². The van der Waals surface area contributed by atoms with Gasteiger partial charge in [-0.3, -0.25) is 0 Å². The van der Waals surface area contributed by atoms with Gasteiger partial charge in [0.1, 0.15) is 0 Å². The molecule has 3 heterocycles. The largest absolute Gasteiger partial charge is 0.378 e. The smallest absolute Gasteiger partial charge is 0.226 e. The van der Waals surface area contributed by atoms with E-state index in [4.69, 9.17) is 26.3 Å². The summed E-state index contributed by atoms with van der Waals surface area (Å²) in [5, 5.41) is 1.86. The lowest BCUT2D eigenvalue weighted by atomic mass is 10.1. The lowest BCUT2D eigenvalue weighted by Crippen LogP contribution is -2.37. The van der Waals surface area contributed by atoms with E-state index in [2.05, 4.69) is 22.0 Å². The van der Waals surface area contributed by atoms with Gasteiger partial charge in [-0.05, 0) is 24.3 Å². The minimum atomic E-state index is 0.691. The molecule has 0 unspecified atom stereocenters. The Kier molecular flexibility index (Phi) is 4.47. The number of H-pyrrole nitrogens is 1. The van der Waals surface area contributed by atoms with Crippen LogP contribution in [-0.2, 0) is 4.74 Å². The van der Waals surface area contributed by atoms with E-state index in [1.807, 2.05) is 48.7 Å². The van der Waals surface area contributed by atoms with Gasteiger partial charge in [0.05, 0.1) is 24.6 Å². The van der Waals surface area contributed by atoms with E-state index < -0.39 is 0 Å². The number of nitrogens with zero attached hydrogens (tertiary/aromatic N) is 3. The van der Waals surface area contributed by atoms with Crippen molar-refractivity contribution in [3.8, 4) is 22.5 Å². The van der Waals surface area contributed by atoms with Gasteiger partial charge in [-0.25, -0.2) is 9.97 Å². The minimum Gasteiger partial charge on any atom is -0.378 e. The summed E-state index contributed by atoms with van der Waals surface area (Å²) in [6.45, 7) is 2.96. The van der Waals surface area contributed by atoms with Crippen LogP contribution in [0.25, 0.3) is 33.4 Å². The van der Waals surface area contributed by atoms with Crippen molar-refractivity contribution in [3.05, 3.63) is 65.8 Å². The SMILES string of the molecule is Clc1ccc(-c2cc(-c3c[nH]c4ccccc34)nc(N3CCOCC3)n2)cc1. The van der Waals surface area contributed by atoms with Gasteiger partial charge in [0.25, 0.3) is 0 Å². The van der Waals surface area contributed by atoms with Crippen LogP contribution in [-0.4, -0.2) is 41.3 Å². The lowest BCUT2D eigenvalue weighted by Gasteiger charge is -2.27. The lowest BCUT2D eigenvalue weighted by molar-refractivity contribution is 0.122. The van der Waals surface area contributed by atoms with Crippen molar-refractivity contribution in [2.45, 2.75) is 0 Å². The number of hydrogen-bond acceptors (Lipinski definition) is 4. The summed E-state index contributed by atoms with van der Waals surface area (Å²) >= 11 is 6.07. The van der Waals surface area contributed by atoms with E-state index in [-0.39, 0.29) is 0 Å². The van der Waals surface area contributed by atoms with Crippen LogP contribution in [0.5, 0.6) is 0 Å². The molecule has 0 amide bonds. The van der Waals surface area contributed by atoms with Crippen LogP contribution in [0.2, 0.25) is 5.02 Å². The average Bonchev–Trinajstić information content (AvgIpc) is 3.19. The summed E-state index contributed by atoms with van der Waals surface area (Å²) in [4.78, 5) is 15.3. The molecule has 1 aliphatic rings. The Balaban J connectivity index is 1.67. The molecule has 6 heteroatoms. The van der Waals surface area contributed by atoms with E-state index in [9.17, 15) is 0 Å². The Bertz CT molecular complexity index is 1120. The Morgan fingerprint density at radius 3 is 2.50 bits per heavy atom. The van der Waals surface area contributed by atoms with Gasteiger partial charge in [0.2, 0.25) is 5.95 Å². The monoisotopic (exact) mass is 390 g/mol. The van der Waals surface area contributed by atoms with E-state index in [1.165, 1.54) is 0 Å². The van der Waals surface area contributed by atoms with Crippen LogP contribution in [0.1, 0.15) is 0 Å². The summed E-state index contributed by atoms with van der Waals surface area (Å²) in [5.74, 6) is 0.732. The maximum atomic E-state index is 6.07. The zero-order valence-corrected chi connectivity index (χ0v) is 16.0. The average molecular weight is 391 g/mol. The van der Waals surface area contributed by atoms with Gasteiger partial charge in [-0.2, -0.15) is 0 Å². The number of aromatic amines is 1. The van der Waals surface area contributed by atoms with Crippen molar-refractivity contribution in [1.82, 2.24) is 15.0 Å². The first-order valence-corrected chi connectivity index (χ1v) is 9.70. The molecule has 1 saturated heterocycles. The predicted molar refractivity (Wildman–Crippen MR) is 113 cm³/mol. The molecule has 5 nitrogen and oxygen atoms in total. The Morgan fingerprint density at radius 1 is 0.929 bits per heavy atom. The minimum absolute atomic E-state index is 0.691. The number of anilines is 1. The second-order valence-corrected chi connectivity index (χ2v) is 7.23. The molecule has 5 rings (SSSR count). The van der Waals surface area contributed by atoms with E-state index in [0.29, 0.717) is 18.2 Å². The van der Waals surface area contributed by atoms with Gasteiger partial charge in [-0.15, -0.1) is 0 Å². The molecule has 1 aliphatic heterocycles. The van der Waals surface area contributed by atoms with Crippen molar-refractivity contribution < 1.29 is 4.74 Å². The number of fused-ring (bicyclic) bond motifs is 1. The molecular weight excluding hydrogens is 372 g/mol. The molecule has 0 aliphatic carbocycles. The molecule has 0 bridgehead atoms. The number of morpholine rings is 1. The molecule has 0 atom stereocenters. The highest BCUT2D eigenvalue weighted by Crippen LogP contribution is 2.31. The first-order chi connectivity index (χ1) is 13.8. The fourth-order valence-electron chi connectivity index (χ4n) is 3.53. The van der Waals surface area contributed by atoms with Crippen LogP contribution in [0.4, 0.5) is 5.95 Å². The van der Waals surface area contributed by atoms with Crippen LogP contribution in [0.3, 0.4) is 0 Å². The molecule has 2 aromatic heterocycles. The van der Waals surface area contributed by atoms with Gasteiger partial charge < -0.3 is 14.6 Å². The van der Waals surface area contributed by atoms with Gasteiger partial charge >= 0.3 is 0 Å². The third kappa shape index (κ3) is 3.23. The number of benzene rings is 2. The Hall–Kier alpha value is -2.89. The summed E-state index contributed by atoms with van der Waals surface area (Å²) in [5.41, 5.74) is 4.97. The van der Waals surface area contributed by atoms with Crippen LogP contribution in [0, 0.1) is 0 Å². The van der Waals surface area contributed by atoms with Crippen molar-refractivity contribution in [2.75, 3.05) is 31.2 Å². The van der Waals surface area contributed by atoms with E-state index in [1.54, 1.807) is 0 Å². The predicted octanol–water partition coefficient (Wildman–Crippen LogP) is 4.78. The summed E-state index contributed by atoms with van der Waals surface area (Å²) in [7, 11) is 0. The zero-order chi connectivity index (χ0) is 18.9. The van der Waals surface area contributed by atoms with E-state index >= 15 is 0 Å². The molecule has 140 valence electrons. The first kappa shape index (κ1) is 17.2. The van der Waals surface area contributed by atoms with Crippen LogP contribution >= 0.6 is 11.6 Å². The highest BCUT2D eigenvalue weighted by atomic mass is 35.5. The molecular formula is C22H19ClN4O. The first-order valence-electron chi connectivity index (χ1n) is 9.32. The Labute approximate surface area is 168 Å².